The van der Waals surface area contributed by atoms with Gasteiger partial charge in [0.2, 0.25) is 0 Å². The largest absolute Gasteiger partial charge is 0.378 e. The second-order valence-electron chi connectivity index (χ2n) is 7.01. The average Bonchev–Trinajstić information content (AvgIpc) is 2.89. The Morgan fingerprint density at radius 1 is 1.30 bits per heavy atom. The van der Waals surface area contributed by atoms with Gasteiger partial charge in [0.15, 0.2) is 0 Å². The van der Waals surface area contributed by atoms with Crippen LogP contribution >= 0.6 is 0 Å². The Bertz CT molecular complexity index is 244. The molecule has 0 aliphatic carbocycles. The van der Waals surface area contributed by atoms with Crippen molar-refractivity contribution in [2.45, 2.75) is 85.0 Å². The molecule has 0 saturated carbocycles. The minimum atomic E-state index is 0.165. The zero-order valence-electron chi connectivity index (χ0n) is 14.2. The van der Waals surface area contributed by atoms with Crippen molar-refractivity contribution >= 4 is 0 Å². The lowest BCUT2D eigenvalue weighted by molar-refractivity contribution is -0.0401. The highest BCUT2D eigenvalue weighted by molar-refractivity contribution is 4.87. The molecule has 20 heavy (non-hydrogen) atoms. The van der Waals surface area contributed by atoms with E-state index in [0.29, 0.717) is 12.1 Å². The van der Waals surface area contributed by atoms with Gasteiger partial charge in [-0.2, -0.15) is 0 Å². The molecular formula is C17H35NO2. The highest BCUT2D eigenvalue weighted by atomic mass is 16.5. The predicted octanol–water partition coefficient (Wildman–Crippen LogP) is 3.77. The van der Waals surface area contributed by atoms with Gasteiger partial charge in [-0.1, -0.05) is 27.7 Å². The van der Waals surface area contributed by atoms with Gasteiger partial charge in [-0.15, -0.1) is 0 Å². The first kappa shape index (κ1) is 17.9. The van der Waals surface area contributed by atoms with Crippen molar-refractivity contribution in [2.75, 3.05) is 19.8 Å². The van der Waals surface area contributed by atoms with Crippen molar-refractivity contribution in [3.63, 3.8) is 0 Å². The molecule has 120 valence electrons. The van der Waals surface area contributed by atoms with Crippen LogP contribution in [0.2, 0.25) is 0 Å². The highest BCUT2D eigenvalue weighted by Crippen LogP contribution is 2.28. The molecule has 1 fully saturated rings. The SMILES string of the molecule is CCCNC(CCC1CCCO1)C(OCC)C(C)(C)C. The minimum absolute atomic E-state index is 0.165. The van der Waals surface area contributed by atoms with Crippen molar-refractivity contribution in [3.8, 4) is 0 Å². The fourth-order valence-electron chi connectivity index (χ4n) is 3.08. The van der Waals surface area contributed by atoms with Crippen molar-refractivity contribution in [1.82, 2.24) is 5.32 Å². The van der Waals surface area contributed by atoms with Gasteiger partial charge in [-0.25, -0.2) is 0 Å². The summed E-state index contributed by atoms with van der Waals surface area (Å²) >= 11 is 0. The summed E-state index contributed by atoms with van der Waals surface area (Å²) in [6, 6.07) is 0.430. The van der Waals surface area contributed by atoms with Gasteiger partial charge in [-0.05, 0) is 51.0 Å². The molecule has 0 aromatic carbocycles. The standard InChI is InChI=1S/C17H35NO2/c1-6-12-18-15(11-10-14-9-8-13-20-14)16(19-7-2)17(3,4)5/h14-16,18H,6-13H2,1-5H3. The maximum absolute atomic E-state index is 6.08. The van der Waals surface area contributed by atoms with Crippen LogP contribution < -0.4 is 5.32 Å². The van der Waals surface area contributed by atoms with Crippen LogP contribution in [0.3, 0.4) is 0 Å². The van der Waals surface area contributed by atoms with Crippen LogP contribution in [0, 0.1) is 5.41 Å². The second-order valence-corrected chi connectivity index (χ2v) is 7.01. The smallest absolute Gasteiger partial charge is 0.0775 e. The van der Waals surface area contributed by atoms with Gasteiger partial charge in [0.1, 0.15) is 0 Å². The molecule has 1 heterocycles. The fourth-order valence-corrected chi connectivity index (χ4v) is 3.08. The zero-order chi connectivity index (χ0) is 15.0. The van der Waals surface area contributed by atoms with E-state index < -0.39 is 0 Å². The van der Waals surface area contributed by atoms with E-state index in [1.807, 2.05) is 0 Å². The van der Waals surface area contributed by atoms with Gasteiger partial charge >= 0.3 is 0 Å². The fraction of sp³-hybridized carbons (Fsp3) is 1.00. The number of ether oxygens (including phenoxy) is 2. The lowest BCUT2D eigenvalue weighted by Crippen LogP contribution is -2.48. The van der Waals surface area contributed by atoms with E-state index in [1.54, 1.807) is 0 Å². The summed E-state index contributed by atoms with van der Waals surface area (Å²) in [5, 5.41) is 3.70. The van der Waals surface area contributed by atoms with Crippen molar-refractivity contribution in [3.05, 3.63) is 0 Å². The second kappa shape index (κ2) is 9.01. The molecule has 0 radical (unpaired) electrons. The van der Waals surface area contributed by atoms with Gasteiger partial charge in [0.25, 0.3) is 0 Å². The molecule has 0 bridgehead atoms. The van der Waals surface area contributed by atoms with Crippen molar-refractivity contribution in [2.24, 2.45) is 5.41 Å². The van der Waals surface area contributed by atoms with E-state index in [9.17, 15) is 0 Å². The Hall–Kier alpha value is -0.120. The van der Waals surface area contributed by atoms with Crippen molar-refractivity contribution in [1.29, 1.82) is 0 Å². The van der Waals surface area contributed by atoms with E-state index in [0.717, 1.165) is 32.6 Å². The van der Waals surface area contributed by atoms with Crippen molar-refractivity contribution < 1.29 is 9.47 Å². The third-order valence-electron chi connectivity index (χ3n) is 4.05. The normalized spacial score (nSPS) is 22.9. The summed E-state index contributed by atoms with van der Waals surface area (Å²) in [6.07, 6.45) is 6.66. The molecular weight excluding hydrogens is 250 g/mol. The first-order valence-electron chi connectivity index (χ1n) is 8.45. The van der Waals surface area contributed by atoms with Crippen LogP contribution in [0.25, 0.3) is 0 Å². The summed E-state index contributed by atoms with van der Waals surface area (Å²) in [5.74, 6) is 0. The highest BCUT2D eigenvalue weighted by Gasteiger charge is 2.33. The lowest BCUT2D eigenvalue weighted by Gasteiger charge is -2.37. The molecule has 1 rings (SSSR count). The lowest BCUT2D eigenvalue weighted by atomic mass is 9.82. The molecule has 1 aliphatic heterocycles. The Labute approximate surface area is 125 Å². The number of hydrogen-bond acceptors (Lipinski definition) is 3. The topological polar surface area (TPSA) is 30.5 Å². The van der Waals surface area contributed by atoms with Gasteiger partial charge in [0, 0.05) is 19.3 Å². The average molecular weight is 285 g/mol. The van der Waals surface area contributed by atoms with Crippen LogP contribution in [0.15, 0.2) is 0 Å². The predicted molar refractivity (Wildman–Crippen MR) is 85.2 cm³/mol. The van der Waals surface area contributed by atoms with E-state index in [4.69, 9.17) is 9.47 Å². The first-order chi connectivity index (χ1) is 9.49. The Morgan fingerprint density at radius 2 is 2.05 bits per heavy atom. The monoisotopic (exact) mass is 285 g/mol. The molecule has 0 aromatic rings. The number of nitrogens with one attached hydrogen (secondary N) is 1. The number of hydrogen-bond donors (Lipinski definition) is 1. The summed E-state index contributed by atoms with van der Waals surface area (Å²) in [4.78, 5) is 0. The number of rotatable bonds is 9. The van der Waals surface area contributed by atoms with E-state index in [-0.39, 0.29) is 11.5 Å². The Kier molecular flexibility index (Phi) is 8.08. The van der Waals surface area contributed by atoms with E-state index in [2.05, 4.69) is 39.9 Å². The molecule has 1 aliphatic rings. The third kappa shape index (κ3) is 6.11. The molecule has 0 aromatic heterocycles. The van der Waals surface area contributed by atoms with Crippen LogP contribution in [0.4, 0.5) is 0 Å². The molecule has 1 N–H and O–H groups in total. The molecule has 0 spiro atoms. The van der Waals surface area contributed by atoms with Gasteiger partial charge in [0.05, 0.1) is 12.2 Å². The van der Waals surface area contributed by atoms with Crippen LogP contribution in [-0.2, 0) is 9.47 Å². The maximum Gasteiger partial charge on any atom is 0.0775 e. The summed E-state index contributed by atoms with van der Waals surface area (Å²) < 4.78 is 11.8. The maximum atomic E-state index is 6.08. The zero-order valence-corrected chi connectivity index (χ0v) is 14.2. The van der Waals surface area contributed by atoms with Crippen LogP contribution in [-0.4, -0.2) is 38.0 Å². The van der Waals surface area contributed by atoms with Gasteiger partial charge < -0.3 is 14.8 Å². The summed E-state index contributed by atoms with van der Waals surface area (Å²) in [5.41, 5.74) is 0.165. The summed E-state index contributed by atoms with van der Waals surface area (Å²) in [6.45, 7) is 13.9. The van der Waals surface area contributed by atoms with E-state index in [1.165, 1.54) is 19.3 Å². The molecule has 3 atom stereocenters. The molecule has 1 saturated heterocycles. The molecule has 0 amide bonds. The van der Waals surface area contributed by atoms with Crippen LogP contribution in [0.5, 0.6) is 0 Å². The summed E-state index contributed by atoms with van der Waals surface area (Å²) in [7, 11) is 0. The van der Waals surface area contributed by atoms with Gasteiger partial charge in [-0.3, -0.25) is 0 Å². The quantitative estimate of drug-likeness (QED) is 0.699. The third-order valence-corrected chi connectivity index (χ3v) is 4.05. The Morgan fingerprint density at radius 3 is 2.55 bits per heavy atom. The first-order valence-corrected chi connectivity index (χ1v) is 8.45. The molecule has 3 nitrogen and oxygen atoms in total. The minimum Gasteiger partial charge on any atom is -0.378 e. The Balaban J connectivity index is 2.58. The van der Waals surface area contributed by atoms with E-state index >= 15 is 0 Å². The molecule has 3 unspecified atom stereocenters. The molecule has 3 heteroatoms. The van der Waals surface area contributed by atoms with Crippen LogP contribution in [0.1, 0.15) is 66.7 Å².